The number of nitro benzene ring substituents is 1. The SMILES string of the molecule is C[C@@H](Sc1nc2ccc(Cl)cc2o1)C(=O)Nc1ccccc1[N+](=O)[O-]. The van der Waals surface area contributed by atoms with Gasteiger partial charge in [-0.3, -0.25) is 14.9 Å². The largest absolute Gasteiger partial charge is 0.431 e. The molecule has 1 atom stereocenters. The first-order valence-corrected chi connectivity index (χ1v) is 8.47. The van der Waals surface area contributed by atoms with Crippen LogP contribution < -0.4 is 5.32 Å². The summed E-state index contributed by atoms with van der Waals surface area (Å²) in [6.45, 7) is 1.66. The molecule has 1 N–H and O–H groups in total. The number of rotatable bonds is 5. The van der Waals surface area contributed by atoms with E-state index in [4.69, 9.17) is 16.0 Å². The molecule has 1 aromatic heterocycles. The van der Waals surface area contributed by atoms with Crippen molar-refractivity contribution < 1.29 is 14.1 Å². The molecular formula is C16H12ClN3O4S. The normalized spacial score (nSPS) is 12.1. The van der Waals surface area contributed by atoms with Gasteiger partial charge in [0.25, 0.3) is 10.9 Å². The lowest BCUT2D eigenvalue weighted by atomic mass is 10.2. The lowest BCUT2D eigenvalue weighted by Gasteiger charge is -2.10. The van der Waals surface area contributed by atoms with E-state index in [-0.39, 0.29) is 17.3 Å². The van der Waals surface area contributed by atoms with Crippen molar-refractivity contribution in [2.75, 3.05) is 5.32 Å². The van der Waals surface area contributed by atoms with Crippen LogP contribution in [0.5, 0.6) is 0 Å². The Morgan fingerprint density at radius 1 is 1.36 bits per heavy atom. The van der Waals surface area contributed by atoms with Gasteiger partial charge in [-0.25, -0.2) is 4.98 Å². The number of hydrogen-bond donors (Lipinski definition) is 1. The first-order chi connectivity index (χ1) is 11.9. The number of amides is 1. The maximum absolute atomic E-state index is 12.3. The zero-order chi connectivity index (χ0) is 18.0. The van der Waals surface area contributed by atoms with Gasteiger partial charge in [-0.2, -0.15) is 0 Å². The minimum atomic E-state index is -0.566. The number of nitrogens with one attached hydrogen (secondary N) is 1. The number of fused-ring (bicyclic) bond motifs is 1. The second-order valence-electron chi connectivity index (χ2n) is 5.12. The van der Waals surface area contributed by atoms with E-state index in [1.54, 1.807) is 31.2 Å². The standard InChI is InChI=1S/C16H12ClN3O4S/c1-9(15(21)18-11-4-2-3-5-13(11)20(22)23)25-16-19-12-7-6-10(17)8-14(12)24-16/h2-9H,1H3,(H,18,21)/t9-/m1/s1. The molecule has 1 heterocycles. The number of anilines is 1. The number of benzene rings is 2. The molecule has 0 saturated heterocycles. The van der Waals surface area contributed by atoms with Crippen LogP contribution in [0.4, 0.5) is 11.4 Å². The fourth-order valence-corrected chi connectivity index (χ4v) is 3.02. The van der Waals surface area contributed by atoms with Crippen molar-refractivity contribution in [3.05, 3.63) is 57.6 Å². The molecule has 25 heavy (non-hydrogen) atoms. The fraction of sp³-hybridized carbons (Fsp3) is 0.125. The summed E-state index contributed by atoms with van der Waals surface area (Å²) in [5.41, 5.74) is 1.15. The molecule has 0 spiro atoms. The molecule has 3 aromatic rings. The van der Waals surface area contributed by atoms with Crippen LogP contribution in [0.3, 0.4) is 0 Å². The number of hydrogen-bond acceptors (Lipinski definition) is 6. The number of aromatic nitrogens is 1. The Kier molecular flexibility index (Phi) is 4.91. The highest BCUT2D eigenvalue weighted by atomic mass is 35.5. The third kappa shape index (κ3) is 3.92. The summed E-state index contributed by atoms with van der Waals surface area (Å²) in [5, 5.41) is 13.9. The number of para-hydroxylation sites is 2. The number of halogens is 1. The van der Waals surface area contributed by atoms with Crippen molar-refractivity contribution in [3.8, 4) is 0 Å². The van der Waals surface area contributed by atoms with Gasteiger partial charge in [0, 0.05) is 17.2 Å². The molecule has 128 valence electrons. The molecule has 0 bridgehead atoms. The Morgan fingerprint density at radius 3 is 2.88 bits per heavy atom. The van der Waals surface area contributed by atoms with Crippen molar-refractivity contribution in [2.45, 2.75) is 17.4 Å². The first kappa shape index (κ1) is 17.2. The Balaban J connectivity index is 1.73. The van der Waals surface area contributed by atoms with E-state index >= 15 is 0 Å². The second kappa shape index (κ2) is 7.12. The van der Waals surface area contributed by atoms with E-state index in [1.165, 1.54) is 18.2 Å². The fourth-order valence-electron chi connectivity index (χ4n) is 2.11. The molecule has 7 nitrogen and oxygen atoms in total. The monoisotopic (exact) mass is 377 g/mol. The van der Waals surface area contributed by atoms with Crippen molar-refractivity contribution in [1.82, 2.24) is 4.98 Å². The Hall–Kier alpha value is -2.58. The van der Waals surface area contributed by atoms with Crippen molar-refractivity contribution in [2.24, 2.45) is 0 Å². The van der Waals surface area contributed by atoms with Crippen LogP contribution in [0.2, 0.25) is 5.02 Å². The van der Waals surface area contributed by atoms with Gasteiger partial charge >= 0.3 is 0 Å². The summed E-state index contributed by atoms with van der Waals surface area (Å²) in [7, 11) is 0. The predicted octanol–water partition coefficient (Wildman–Crippen LogP) is 4.51. The second-order valence-corrected chi connectivity index (χ2v) is 6.84. The summed E-state index contributed by atoms with van der Waals surface area (Å²) in [6.07, 6.45) is 0. The van der Waals surface area contributed by atoms with Crippen molar-refractivity contribution in [1.29, 1.82) is 0 Å². The van der Waals surface area contributed by atoms with E-state index in [1.807, 2.05) is 0 Å². The van der Waals surface area contributed by atoms with Gasteiger partial charge in [0.15, 0.2) is 5.58 Å². The third-order valence-electron chi connectivity index (χ3n) is 3.34. The summed E-state index contributed by atoms with van der Waals surface area (Å²) >= 11 is 7.02. The van der Waals surface area contributed by atoms with E-state index in [0.29, 0.717) is 21.3 Å². The lowest BCUT2D eigenvalue weighted by molar-refractivity contribution is -0.383. The topological polar surface area (TPSA) is 98.3 Å². The van der Waals surface area contributed by atoms with Gasteiger partial charge in [0.2, 0.25) is 5.91 Å². The zero-order valence-corrected chi connectivity index (χ0v) is 14.5. The van der Waals surface area contributed by atoms with Gasteiger partial charge in [-0.1, -0.05) is 35.5 Å². The average molecular weight is 378 g/mol. The van der Waals surface area contributed by atoms with Crippen molar-refractivity contribution in [3.63, 3.8) is 0 Å². The lowest BCUT2D eigenvalue weighted by Crippen LogP contribution is -2.22. The maximum atomic E-state index is 12.3. The maximum Gasteiger partial charge on any atom is 0.292 e. The van der Waals surface area contributed by atoms with Crippen LogP contribution >= 0.6 is 23.4 Å². The van der Waals surface area contributed by atoms with Crippen LogP contribution in [0, 0.1) is 10.1 Å². The van der Waals surface area contributed by atoms with Gasteiger partial charge in [0.05, 0.1) is 10.2 Å². The van der Waals surface area contributed by atoms with Gasteiger partial charge in [-0.05, 0) is 25.1 Å². The Labute approximate surface area is 151 Å². The van der Waals surface area contributed by atoms with Gasteiger partial charge < -0.3 is 9.73 Å². The highest BCUT2D eigenvalue weighted by Crippen LogP contribution is 2.30. The molecule has 3 rings (SSSR count). The minimum absolute atomic E-state index is 0.147. The number of carbonyl (C=O) groups excluding carboxylic acids is 1. The van der Waals surface area contributed by atoms with Gasteiger partial charge in [0.1, 0.15) is 11.2 Å². The molecule has 9 heteroatoms. The van der Waals surface area contributed by atoms with E-state index in [2.05, 4.69) is 10.3 Å². The molecule has 0 aliphatic rings. The first-order valence-electron chi connectivity index (χ1n) is 7.21. The van der Waals surface area contributed by atoms with Crippen LogP contribution in [0.25, 0.3) is 11.1 Å². The molecule has 0 aliphatic heterocycles. The molecule has 0 unspecified atom stereocenters. The number of nitro groups is 1. The highest BCUT2D eigenvalue weighted by molar-refractivity contribution is 8.00. The number of thioether (sulfide) groups is 1. The minimum Gasteiger partial charge on any atom is -0.431 e. The molecular weight excluding hydrogens is 366 g/mol. The van der Waals surface area contributed by atoms with E-state index in [9.17, 15) is 14.9 Å². The Bertz CT molecular complexity index is 959. The molecule has 1 amide bonds. The van der Waals surface area contributed by atoms with Crippen LogP contribution in [0.1, 0.15) is 6.92 Å². The molecule has 2 aromatic carbocycles. The summed E-state index contributed by atoms with van der Waals surface area (Å²) in [4.78, 5) is 27.1. The predicted molar refractivity (Wildman–Crippen MR) is 96.1 cm³/mol. The zero-order valence-electron chi connectivity index (χ0n) is 12.9. The average Bonchev–Trinajstić information content (AvgIpc) is 2.96. The van der Waals surface area contributed by atoms with Gasteiger partial charge in [-0.15, -0.1) is 0 Å². The number of carbonyl (C=O) groups is 1. The van der Waals surface area contributed by atoms with Crippen LogP contribution in [-0.2, 0) is 4.79 Å². The van der Waals surface area contributed by atoms with Crippen LogP contribution in [0.15, 0.2) is 52.1 Å². The molecule has 0 fully saturated rings. The van der Waals surface area contributed by atoms with Crippen LogP contribution in [-0.4, -0.2) is 21.1 Å². The van der Waals surface area contributed by atoms with E-state index < -0.39 is 10.2 Å². The smallest absolute Gasteiger partial charge is 0.292 e. The van der Waals surface area contributed by atoms with E-state index in [0.717, 1.165) is 11.8 Å². The number of nitrogens with zero attached hydrogens (tertiary/aromatic N) is 2. The summed E-state index contributed by atoms with van der Waals surface area (Å²) < 4.78 is 5.56. The molecule has 0 radical (unpaired) electrons. The molecule has 0 aliphatic carbocycles. The number of oxazole rings is 1. The third-order valence-corrected chi connectivity index (χ3v) is 4.52. The molecule has 0 saturated carbocycles. The van der Waals surface area contributed by atoms with Crippen molar-refractivity contribution >= 4 is 51.7 Å². The quantitative estimate of drug-likeness (QED) is 0.399. The Morgan fingerprint density at radius 2 is 2.12 bits per heavy atom. The summed E-state index contributed by atoms with van der Waals surface area (Å²) in [5.74, 6) is -0.389. The summed E-state index contributed by atoms with van der Waals surface area (Å²) in [6, 6.07) is 11.0. The highest BCUT2D eigenvalue weighted by Gasteiger charge is 2.21.